The molecule has 0 aromatic rings. The zero-order chi connectivity index (χ0) is 50.4. The van der Waals surface area contributed by atoms with E-state index in [0.29, 0.717) is 6.42 Å². The first-order valence-corrected chi connectivity index (χ1v) is 30.0. The number of carbonyl (C=O) groups is 1. The van der Waals surface area contributed by atoms with Gasteiger partial charge in [0.1, 0.15) is 30.5 Å². The van der Waals surface area contributed by atoms with Crippen LogP contribution in [-0.4, -0.2) is 123 Å². The number of nitrogens with one attached hydrogen (secondary N) is 1. The second-order valence-corrected chi connectivity index (χ2v) is 21.4. The van der Waals surface area contributed by atoms with Crippen LogP contribution in [0.5, 0.6) is 0 Å². The molecule has 1 aliphatic heterocycles. The van der Waals surface area contributed by atoms with E-state index in [9.17, 15) is 35.4 Å². The molecule has 1 fully saturated rings. The number of aliphatic hydroxyl groups excluding tert-OH is 6. The Kier molecular flexibility index (Phi) is 46.1. The molecule has 11 heteroatoms. The van der Waals surface area contributed by atoms with Gasteiger partial charge in [-0.25, -0.2) is 0 Å². The molecule has 412 valence electrons. The largest absolute Gasteiger partial charge is 0.394 e. The smallest absolute Gasteiger partial charge is 0.220 e. The molecule has 0 bridgehead atoms. The van der Waals surface area contributed by atoms with Gasteiger partial charge in [-0.3, -0.25) is 4.79 Å². The van der Waals surface area contributed by atoms with Crippen molar-refractivity contribution >= 4 is 5.91 Å². The molecule has 7 N–H and O–H groups in total. The quantitative estimate of drug-likeness (QED) is 0.0291. The van der Waals surface area contributed by atoms with E-state index in [4.69, 9.17) is 9.47 Å². The van der Waals surface area contributed by atoms with Crippen molar-refractivity contribution in [3.63, 3.8) is 0 Å². The number of aliphatic hydroxyl groups is 6. The molecule has 0 saturated carbocycles. The van der Waals surface area contributed by atoms with Crippen LogP contribution in [0.25, 0.3) is 0 Å². The Morgan fingerprint density at radius 2 is 0.841 bits per heavy atom. The van der Waals surface area contributed by atoms with E-state index >= 15 is 0 Å². The second-order valence-electron chi connectivity index (χ2n) is 21.4. The number of hydrogen-bond acceptors (Lipinski definition) is 10. The third-order valence-electron chi connectivity index (χ3n) is 14.8. The monoisotopic (exact) mass is 985 g/mol. The molecule has 0 aromatic heterocycles. The van der Waals surface area contributed by atoms with Crippen LogP contribution in [0.15, 0.2) is 0 Å². The van der Waals surface area contributed by atoms with Crippen molar-refractivity contribution in [2.24, 2.45) is 0 Å². The summed E-state index contributed by atoms with van der Waals surface area (Å²) in [7, 11) is 0. The van der Waals surface area contributed by atoms with Crippen LogP contribution in [0, 0.1) is 0 Å². The molecule has 0 aliphatic carbocycles. The Morgan fingerprint density at radius 1 is 0.493 bits per heavy atom. The molecule has 0 spiro atoms. The van der Waals surface area contributed by atoms with Crippen LogP contribution in [0.3, 0.4) is 0 Å². The summed E-state index contributed by atoms with van der Waals surface area (Å²) in [4.78, 5) is 16.0. The summed E-state index contributed by atoms with van der Waals surface area (Å²) in [5.41, 5.74) is 0. The number of carbonyl (C=O) groups excluding carboxylic acids is 1. The predicted molar refractivity (Wildman–Crippen MR) is 286 cm³/mol. The van der Waals surface area contributed by atoms with Gasteiger partial charge in [-0.2, -0.15) is 0 Å². The van der Waals surface area contributed by atoms with E-state index in [1.807, 2.05) is 0 Å². The number of ether oxygens (including phenoxy) is 2. The van der Waals surface area contributed by atoms with Crippen molar-refractivity contribution in [1.82, 2.24) is 10.2 Å². The van der Waals surface area contributed by atoms with Crippen molar-refractivity contribution in [2.75, 3.05) is 32.8 Å². The average Bonchev–Trinajstić information content (AvgIpc) is 3.35. The number of amides is 1. The zero-order valence-electron chi connectivity index (χ0n) is 45.5. The highest BCUT2D eigenvalue weighted by Gasteiger charge is 2.44. The van der Waals surface area contributed by atoms with Gasteiger partial charge in [-0.05, 0) is 51.7 Å². The molecule has 1 heterocycles. The van der Waals surface area contributed by atoms with Gasteiger partial charge in [0.15, 0.2) is 6.29 Å². The molecule has 0 unspecified atom stereocenters. The topological polar surface area (TPSA) is 172 Å². The SMILES string of the molecule is CCCCCCCCCCCCCC[C@@H](O)[C@@H](O)[C@H](CO[C@H]1O[C@H](CO)[C@H](O)[C@H](O)[C@H]1O)NC(=O)CCCCCCCCCCCN(CCCCCCCCCCC)CCCCCCCCCCC. The maximum Gasteiger partial charge on any atom is 0.220 e. The Morgan fingerprint density at radius 3 is 1.22 bits per heavy atom. The van der Waals surface area contributed by atoms with Crippen LogP contribution >= 0.6 is 0 Å². The predicted octanol–water partition coefficient (Wildman–Crippen LogP) is 12.4. The number of unbranched alkanes of at least 4 members (excludes halogenated alkanes) is 35. The van der Waals surface area contributed by atoms with Crippen molar-refractivity contribution in [2.45, 2.75) is 333 Å². The molecule has 1 aliphatic rings. The molecule has 1 saturated heterocycles. The van der Waals surface area contributed by atoms with Gasteiger partial charge in [-0.15, -0.1) is 0 Å². The summed E-state index contributed by atoms with van der Waals surface area (Å²) in [6.45, 7) is 9.70. The minimum Gasteiger partial charge on any atom is -0.394 e. The van der Waals surface area contributed by atoms with Gasteiger partial charge in [-0.1, -0.05) is 245 Å². The summed E-state index contributed by atoms with van der Waals surface area (Å²) in [6.07, 6.45) is 40.5. The maximum absolute atomic E-state index is 13.2. The maximum atomic E-state index is 13.2. The van der Waals surface area contributed by atoms with Crippen LogP contribution in [-0.2, 0) is 14.3 Å². The van der Waals surface area contributed by atoms with Crippen LogP contribution in [0.1, 0.15) is 284 Å². The van der Waals surface area contributed by atoms with Crippen LogP contribution in [0.2, 0.25) is 0 Å². The van der Waals surface area contributed by atoms with E-state index in [0.717, 1.165) is 51.4 Å². The van der Waals surface area contributed by atoms with Crippen molar-refractivity contribution in [1.29, 1.82) is 0 Å². The zero-order valence-corrected chi connectivity index (χ0v) is 45.5. The van der Waals surface area contributed by atoms with E-state index in [2.05, 4.69) is 31.0 Å². The number of nitrogens with zero attached hydrogens (tertiary/aromatic N) is 1. The van der Waals surface area contributed by atoms with Gasteiger partial charge in [0.05, 0.1) is 25.4 Å². The lowest BCUT2D eigenvalue weighted by molar-refractivity contribution is -0.303. The first-order chi connectivity index (χ1) is 33.7. The van der Waals surface area contributed by atoms with Crippen LogP contribution < -0.4 is 5.32 Å². The Hall–Kier alpha value is -0.890. The van der Waals surface area contributed by atoms with E-state index < -0.39 is 55.6 Å². The third kappa shape index (κ3) is 36.6. The Labute approximate surface area is 425 Å². The fourth-order valence-corrected chi connectivity index (χ4v) is 10.0. The minimum atomic E-state index is -1.61. The molecule has 69 heavy (non-hydrogen) atoms. The first kappa shape index (κ1) is 66.1. The van der Waals surface area contributed by atoms with E-state index in [1.54, 1.807) is 0 Å². The molecule has 0 radical (unpaired) electrons. The van der Waals surface area contributed by atoms with Gasteiger partial charge in [0.25, 0.3) is 0 Å². The lowest BCUT2D eigenvalue weighted by Gasteiger charge is -2.40. The van der Waals surface area contributed by atoms with Crippen LogP contribution in [0.4, 0.5) is 0 Å². The molecule has 8 atom stereocenters. The summed E-state index contributed by atoms with van der Waals surface area (Å²) in [5, 5.41) is 65.7. The molecule has 0 aromatic carbocycles. The third-order valence-corrected chi connectivity index (χ3v) is 14.8. The summed E-state index contributed by atoms with van der Waals surface area (Å²) < 4.78 is 11.2. The minimum absolute atomic E-state index is 0.251. The van der Waals surface area contributed by atoms with Gasteiger partial charge >= 0.3 is 0 Å². The standard InChI is InChI=1S/C58H116N2O9/c1-4-7-10-13-16-19-20-21-23-28-33-38-43-51(62)54(64)50(49-68-58-57(67)56(66)55(65)52(48-61)69-58)59-53(63)44-39-34-29-24-22-27-32-37-42-47-60(45-40-35-30-25-17-14-11-8-5-2)46-41-36-31-26-18-15-12-9-6-3/h50-52,54-58,61-62,64-67H,4-49H2,1-3H3,(H,59,63)/t50-,51+,52+,54-,55-,56-,57+,58-/m0/s1. The van der Waals surface area contributed by atoms with Gasteiger partial charge < -0.3 is 50.3 Å². The molecular formula is C58H116N2O9. The van der Waals surface area contributed by atoms with Crippen molar-refractivity contribution in [3.05, 3.63) is 0 Å². The fourth-order valence-electron chi connectivity index (χ4n) is 10.0. The Balaban J connectivity index is 2.43. The first-order valence-electron chi connectivity index (χ1n) is 30.0. The fraction of sp³-hybridized carbons (Fsp3) is 0.983. The molecule has 1 rings (SSSR count). The number of hydrogen-bond donors (Lipinski definition) is 7. The lowest BCUT2D eigenvalue weighted by atomic mass is 9.98. The normalized spacial score (nSPS) is 19.9. The highest BCUT2D eigenvalue weighted by molar-refractivity contribution is 5.76. The Bertz CT molecular complexity index is 1070. The van der Waals surface area contributed by atoms with Crippen molar-refractivity contribution < 1.29 is 44.9 Å². The lowest BCUT2D eigenvalue weighted by Crippen LogP contribution is -2.60. The van der Waals surface area contributed by atoms with Crippen molar-refractivity contribution in [3.8, 4) is 0 Å². The number of rotatable bonds is 52. The second kappa shape index (κ2) is 48.1. The van der Waals surface area contributed by atoms with Gasteiger partial charge in [0.2, 0.25) is 5.91 Å². The molecule has 1 amide bonds. The highest BCUT2D eigenvalue weighted by atomic mass is 16.7. The molecule has 11 nitrogen and oxygen atoms in total. The molecular weight excluding hydrogens is 869 g/mol. The van der Waals surface area contributed by atoms with Gasteiger partial charge in [0, 0.05) is 6.42 Å². The average molecular weight is 986 g/mol. The summed E-state index contributed by atoms with van der Waals surface area (Å²) in [6, 6.07) is -0.992. The van der Waals surface area contributed by atoms with E-state index in [-0.39, 0.29) is 18.9 Å². The summed E-state index contributed by atoms with van der Waals surface area (Å²) in [5.74, 6) is -0.251. The summed E-state index contributed by atoms with van der Waals surface area (Å²) >= 11 is 0. The highest BCUT2D eigenvalue weighted by Crippen LogP contribution is 2.23. The van der Waals surface area contributed by atoms with E-state index in [1.165, 1.54) is 219 Å².